The lowest BCUT2D eigenvalue weighted by molar-refractivity contribution is -0.131. The fraction of sp³-hybridized carbons (Fsp3) is 0.385. The fourth-order valence-corrected chi connectivity index (χ4v) is 3.76. The second kappa shape index (κ2) is 10.8. The normalized spacial score (nSPS) is 10.9. The van der Waals surface area contributed by atoms with Crippen molar-refractivity contribution >= 4 is 22.6 Å². The number of methoxy groups -OCH3 is 1. The zero-order chi connectivity index (χ0) is 22.2. The van der Waals surface area contributed by atoms with Crippen molar-refractivity contribution in [2.75, 3.05) is 20.2 Å². The molecule has 1 heterocycles. The summed E-state index contributed by atoms with van der Waals surface area (Å²) >= 11 is 0. The van der Waals surface area contributed by atoms with Crippen molar-refractivity contribution < 1.29 is 14.3 Å². The van der Waals surface area contributed by atoms with Gasteiger partial charge in [0, 0.05) is 41.9 Å². The van der Waals surface area contributed by atoms with Crippen LogP contribution >= 0.6 is 0 Å². The van der Waals surface area contributed by atoms with Crippen LogP contribution < -0.4 is 4.74 Å². The lowest BCUT2D eigenvalue weighted by atomic mass is 10.0. The number of unbranched alkanes of at least 4 members (excludes halogenated alkanes) is 2. The summed E-state index contributed by atoms with van der Waals surface area (Å²) in [6, 6.07) is 14.9. The molecule has 5 nitrogen and oxygen atoms in total. The Hall–Kier alpha value is -3.08. The third-order valence-corrected chi connectivity index (χ3v) is 5.59. The summed E-state index contributed by atoms with van der Waals surface area (Å²) in [6.45, 7) is 6.02. The highest BCUT2D eigenvalue weighted by atomic mass is 16.5. The molecule has 0 aliphatic rings. The third-order valence-electron chi connectivity index (χ3n) is 5.59. The van der Waals surface area contributed by atoms with Gasteiger partial charge in [0.25, 0.3) is 0 Å². The first-order chi connectivity index (χ1) is 15.1. The molecule has 2 aromatic carbocycles. The number of hydrogen-bond donors (Lipinski definition) is 0. The molecule has 3 aromatic rings. The van der Waals surface area contributed by atoms with Gasteiger partial charge in [0.1, 0.15) is 12.3 Å². The zero-order valence-electron chi connectivity index (χ0n) is 18.8. The molecule has 0 unspecified atom stereocenters. The van der Waals surface area contributed by atoms with Crippen molar-refractivity contribution in [3.05, 3.63) is 65.9 Å². The van der Waals surface area contributed by atoms with E-state index in [2.05, 4.69) is 13.8 Å². The minimum atomic E-state index is -0.0456. The molecule has 0 spiro atoms. The lowest BCUT2D eigenvalue weighted by Crippen LogP contribution is -2.35. The first-order valence-electron chi connectivity index (χ1n) is 11.1. The number of carbonyl (C=O) groups is 2. The van der Waals surface area contributed by atoms with Gasteiger partial charge in [-0.15, -0.1) is 0 Å². The Bertz CT molecular complexity index is 1020. The van der Waals surface area contributed by atoms with E-state index in [4.69, 9.17) is 4.74 Å². The Balaban J connectivity index is 1.97. The standard InChI is InChI=1S/C26H32N2O3/c1-4-6-15-27(16-7-5-2)25(29)19-28-18-23(26(30)20-11-9-8-10-12-20)22-14-13-21(31-3)17-24(22)28/h8-14,17-18H,4-7,15-16,19H2,1-3H3. The number of amides is 1. The Labute approximate surface area is 184 Å². The molecule has 1 amide bonds. The predicted molar refractivity (Wildman–Crippen MR) is 125 cm³/mol. The van der Waals surface area contributed by atoms with E-state index in [1.807, 2.05) is 64.2 Å². The van der Waals surface area contributed by atoms with E-state index < -0.39 is 0 Å². The number of ether oxygens (including phenoxy) is 1. The summed E-state index contributed by atoms with van der Waals surface area (Å²) in [6.07, 6.45) is 5.90. The van der Waals surface area contributed by atoms with E-state index in [0.717, 1.165) is 49.7 Å². The molecule has 0 saturated heterocycles. The average molecular weight is 421 g/mol. The van der Waals surface area contributed by atoms with Crippen LogP contribution in [0, 0.1) is 0 Å². The van der Waals surface area contributed by atoms with Crippen LogP contribution in [0.5, 0.6) is 5.75 Å². The number of ketones is 1. The SMILES string of the molecule is CCCCN(CCCC)C(=O)Cn1cc(C(=O)c2ccccc2)c2ccc(OC)cc21. The number of benzene rings is 2. The fourth-order valence-electron chi connectivity index (χ4n) is 3.76. The molecule has 0 aliphatic carbocycles. The van der Waals surface area contributed by atoms with Crippen molar-refractivity contribution in [2.24, 2.45) is 0 Å². The maximum Gasteiger partial charge on any atom is 0.242 e. The van der Waals surface area contributed by atoms with E-state index in [1.165, 1.54) is 0 Å². The maximum atomic E-state index is 13.2. The molecule has 0 bridgehead atoms. The number of nitrogens with zero attached hydrogens (tertiary/aromatic N) is 2. The minimum absolute atomic E-state index is 0.0456. The first kappa shape index (κ1) is 22.6. The first-order valence-corrected chi connectivity index (χ1v) is 11.1. The Kier molecular flexibility index (Phi) is 7.88. The summed E-state index contributed by atoms with van der Waals surface area (Å²) in [5.74, 6) is 0.739. The smallest absolute Gasteiger partial charge is 0.242 e. The van der Waals surface area contributed by atoms with Crippen molar-refractivity contribution in [3.63, 3.8) is 0 Å². The highest BCUT2D eigenvalue weighted by Crippen LogP contribution is 2.28. The second-order valence-corrected chi connectivity index (χ2v) is 7.84. The molecular formula is C26H32N2O3. The van der Waals surface area contributed by atoms with E-state index in [-0.39, 0.29) is 18.2 Å². The highest BCUT2D eigenvalue weighted by molar-refractivity contribution is 6.16. The van der Waals surface area contributed by atoms with Crippen LogP contribution in [0.2, 0.25) is 0 Å². The molecular weight excluding hydrogens is 388 g/mol. The Morgan fingerprint density at radius 3 is 2.26 bits per heavy atom. The molecule has 3 rings (SSSR count). The molecule has 0 radical (unpaired) electrons. The van der Waals surface area contributed by atoms with Crippen molar-refractivity contribution in [3.8, 4) is 5.75 Å². The summed E-state index contributed by atoms with van der Waals surface area (Å²) in [4.78, 5) is 28.3. The van der Waals surface area contributed by atoms with Crippen molar-refractivity contribution in [2.45, 2.75) is 46.1 Å². The van der Waals surface area contributed by atoms with Gasteiger partial charge in [-0.1, -0.05) is 57.0 Å². The van der Waals surface area contributed by atoms with Gasteiger partial charge in [-0.3, -0.25) is 9.59 Å². The van der Waals surface area contributed by atoms with Crippen LogP contribution in [0.1, 0.15) is 55.5 Å². The van der Waals surface area contributed by atoms with Gasteiger partial charge in [-0.05, 0) is 25.0 Å². The van der Waals surface area contributed by atoms with Crippen LogP contribution in [-0.4, -0.2) is 41.4 Å². The number of carbonyl (C=O) groups excluding carboxylic acids is 2. The highest BCUT2D eigenvalue weighted by Gasteiger charge is 2.20. The minimum Gasteiger partial charge on any atom is -0.497 e. The lowest BCUT2D eigenvalue weighted by Gasteiger charge is -2.23. The monoisotopic (exact) mass is 420 g/mol. The van der Waals surface area contributed by atoms with E-state index in [9.17, 15) is 9.59 Å². The molecule has 0 fully saturated rings. The molecule has 0 aliphatic heterocycles. The van der Waals surface area contributed by atoms with Gasteiger partial charge in [-0.25, -0.2) is 0 Å². The van der Waals surface area contributed by atoms with Crippen LogP contribution in [0.4, 0.5) is 0 Å². The molecule has 5 heteroatoms. The van der Waals surface area contributed by atoms with Crippen LogP contribution in [0.15, 0.2) is 54.7 Å². The van der Waals surface area contributed by atoms with E-state index in [1.54, 1.807) is 7.11 Å². The van der Waals surface area contributed by atoms with Gasteiger partial charge >= 0.3 is 0 Å². The van der Waals surface area contributed by atoms with Gasteiger partial charge in [0.2, 0.25) is 5.91 Å². The summed E-state index contributed by atoms with van der Waals surface area (Å²) in [5.41, 5.74) is 2.07. The summed E-state index contributed by atoms with van der Waals surface area (Å²) < 4.78 is 7.29. The second-order valence-electron chi connectivity index (χ2n) is 7.84. The number of rotatable bonds is 11. The summed E-state index contributed by atoms with van der Waals surface area (Å²) in [7, 11) is 1.62. The largest absolute Gasteiger partial charge is 0.497 e. The van der Waals surface area contributed by atoms with E-state index in [0.29, 0.717) is 16.9 Å². The van der Waals surface area contributed by atoms with Gasteiger partial charge in [0.15, 0.2) is 5.78 Å². The third kappa shape index (κ3) is 5.35. The van der Waals surface area contributed by atoms with Crippen LogP contribution in [-0.2, 0) is 11.3 Å². The van der Waals surface area contributed by atoms with Crippen LogP contribution in [0.3, 0.4) is 0 Å². The molecule has 1 aromatic heterocycles. The van der Waals surface area contributed by atoms with E-state index >= 15 is 0 Å². The molecule has 0 N–H and O–H groups in total. The number of aromatic nitrogens is 1. The molecule has 164 valence electrons. The number of hydrogen-bond acceptors (Lipinski definition) is 3. The quantitative estimate of drug-likeness (QED) is 0.395. The maximum absolute atomic E-state index is 13.2. The van der Waals surface area contributed by atoms with Crippen molar-refractivity contribution in [1.82, 2.24) is 9.47 Å². The van der Waals surface area contributed by atoms with Gasteiger partial charge in [-0.2, -0.15) is 0 Å². The molecule has 0 saturated carbocycles. The Morgan fingerprint density at radius 2 is 1.65 bits per heavy atom. The zero-order valence-corrected chi connectivity index (χ0v) is 18.8. The summed E-state index contributed by atoms with van der Waals surface area (Å²) in [5, 5.41) is 0.830. The van der Waals surface area contributed by atoms with Crippen molar-refractivity contribution in [1.29, 1.82) is 0 Å². The molecule has 0 atom stereocenters. The topological polar surface area (TPSA) is 51.5 Å². The van der Waals surface area contributed by atoms with Gasteiger partial charge < -0.3 is 14.2 Å². The average Bonchev–Trinajstić information content (AvgIpc) is 3.16. The molecule has 31 heavy (non-hydrogen) atoms. The predicted octanol–water partition coefficient (Wildman–Crippen LogP) is 5.31. The number of fused-ring (bicyclic) bond motifs is 1. The Morgan fingerprint density at radius 1 is 0.968 bits per heavy atom. The van der Waals surface area contributed by atoms with Crippen LogP contribution in [0.25, 0.3) is 10.9 Å². The van der Waals surface area contributed by atoms with Gasteiger partial charge in [0.05, 0.1) is 12.6 Å².